The first-order chi connectivity index (χ1) is 8.61. The quantitative estimate of drug-likeness (QED) is 0.863. The second-order valence-electron chi connectivity index (χ2n) is 3.91. The molecule has 2 rings (SSSR count). The molecule has 96 valence electrons. The van der Waals surface area contributed by atoms with Crippen LogP contribution in [0.15, 0.2) is 29.6 Å². The van der Waals surface area contributed by atoms with Crippen molar-refractivity contribution in [2.75, 3.05) is 7.05 Å². The molecule has 18 heavy (non-hydrogen) atoms. The summed E-state index contributed by atoms with van der Waals surface area (Å²) in [5, 5.41) is 6.43. The molecule has 5 heteroatoms. The molecule has 0 saturated heterocycles. The molecule has 0 fully saturated rings. The van der Waals surface area contributed by atoms with Crippen molar-refractivity contribution in [3.05, 3.63) is 55.9 Å². The predicted molar refractivity (Wildman–Crippen MR) is 76.2 cm³/mol. The van der Waals surface area contributed by atoms with Crippen molar-refractivity contribution in [2.24, 2.45) is 0 Å². The van der Waals surface area contributed by atoms with Crippen LogP contribution in [-0.2, 0) is 6.42 Å². The molecule has 0 bridgehead atoms. The largest absolute Gasteiger partial charge is 0.312 e. The van der Waals surface area contributed by atoms with Gasteiger partial charge in [0.2, 0.25) is 0 Å². The van der Waals surface area contributed by atoms with Gasteiger partial charge in [-0.25, -0.2) is 4.39 Å². The Balaban J connectivity index is 2.26. The van der Waals surface area contributed by atoms with Crippen molar-refractivity contribution >= 4 is 34.5 Å². The van der Waals surface area contributed by atoms with Gasteiger partial charge in [0.1, 0.15) is 5.82 Å². The highest BCUT2D eigenvalue weighted by molar-refractivity contribution is 7.10. The molecule has 1 nitrogen and oxygen atoms in total. The third-order valence-corrected chi connectivity index (χ3v) is 4.58. The zero-order valence-electron chi connectivity index (χ0n) is 9.71. The number of hydrogen-bond donors (Lipinski definition) is 1. The van der Waals surface area contributed by atoms with E-state index in [2.05, 4.69) is 5.32 Å². The third-order valence-electron chi connectivity index (χ3n) is 2.74. The molecule has 1 heterocycles. The molecule has 1 N–H and O–H groups in total. The van der Waals surface area contributed by atoms with Crippen LogP contribution in [0.25, 0.3) is 0 Å². The zero-order valence-corrected chi connectivity index (χ0v) is 12.0. The monoisotopic (exact) mass is 303 g/mol. The van der Waals surface area contributed by atoms with E-state index in [0.717, 1.165) is 15.5 Å². The van der Waals surface area contributed by atoms with E-state index in [4.69, 9.17) is 23.2 Å². The van der Waals surface area contributed by atoms with E-state index in [-0.39, 0.29) is 11.9 Å². The molecule has 0 aliphatic heterocycles. The van der Waals surface area contributed by atoms with Gasteiger partial charge in [-0.2, -0.15) is 0 Å². The molecule has 1 aromatic heterocycles. The van der Waals surface area contributed by atoms with Crippen LogP contribution >= 0.6 is 34.5 Å². The summed E-state index contributed by atoms with van der Waals surface area (Å²) in [6.45, 7) is 0. The van der Waals surface area contributed by atoms with Gasteiger partial charge in [-0.1, -0.05) is 23.2 Å². The van der Waals surface area contributed by atoms with Crippen LogP contribution in [0.5, 0.6) is 0 Å². The molecular formula is C13H12Cl2FNS. The van der Waals surface area contributed by atoms with E-state index >= 15 is 0 Å². The van der Waals surface area contributed by atoms with E-state index in [1.807, 2.05) is 18.5 Å². The lowest BCUT2D eigenvalue weighted by molar-refractivity contribution is 0.592. The fourth-order valence-corrected chi connectivity index (χ4v) is 3.29. The Morgan fingerprint density at radius 1 is 1.28 bits per heavy atom. The van der Waals surface area contributed by atoms with Crippen molar-refractivity contribution in [2.45, 2.75) is 12.5 Å². The van der Waals surface area contributed by atoms with Gasteiger partial charge in [-0.3, -0.25) is 0 Å². The Bertz CT molecular complexity index is 542. The average molecular weight is 304 g/mol. The number of hydrogen-bond acceptors (Lipinski definition) is 2. The van der Waals surface area contributed by atoms with Crippen LogP contribution < -0.4 is 5.32 Å². The van der Waals surface area contributed by atoms with Crippen LogP contribution in [0.4, 0.5) is 4.39 Å². The Hall–Kier alpha value is -0.610. The fraction of sp³-hybridized carbons (Fsp3) is 0.231. The van der Waals surface area contributed by atoms with E-state index in [0.29, 0.717) is 11.4 Å². The highest BCUT2D eigenvalue weighted by Gasteiger charge is 2.16. The van der Waals surface area contributed by atoms with E-state index in [9.17, 15) is 4.39 Å². The summed E-state index contributed by atoms with van der Waals surface area (Å²) in [4.78, 5) is 1.04. The minimum atomic E-state index is -0.276. The molecule has 1 unspecified atom stereocenters. The van der Waals surface area contributed by atoms with Gasteiger partial charge in [0.15, 0.2) is 0 Å². The predicted octanol–water partition coefficient (Wildman–Crippen LogP) is 4.70. The maximum absolute atomic E-state index is 13.2. The van der Waals surface area contributed by atoms with Gasteiger partial charge < -0.3 is 5.32 Å². The van der Waals surface area contributed by atoms with Crippen LogP contribution in [0.1, 0.15) is 16.5 Å². The van der Waals surface area contributed by atoms with Gasteiger partial charge in [-0.05, 0) is 48.7 Å². The third kappa shape index (κ3) is 3.04. The molecule has 0 aliphatic rings. The molecular weight excluding hydrogens is 292 g/mol. The van der Waals surface area contributed by atoms with Crippen molar-refractivity contribution in [1.29, 1.82) is 0 Å². The number of rotatable bonds is 4. The maximum atomic E-state index is 13.2. The molecule has 0 spiro atoms. The molecule has 2 aromatic rings. The second-order valence-corrected chi connectivity index (χ2v) is 5.68. The van der Waals surface area contributed by atoms with Gasteiger partial charge >= 0.3 is 0 Å². The van der Waals surface area contributed by atoms with Crippen LogP contribution in [-0.4, -0.2) is 7.05 Å². The normalized spacial score (nSPS) is 12.7. The summed E-state index contributed by atoms with van der Waals surface area (Å²) in [7, 11) is 1.86. The number of likely N-dealkylation sites (N-methyl/N-ethyl adjacent to an activating group) is 1. The lowest BCUT2D eigenvalue weighted by atomic mass is 10.0. The number of nitrogens with one attached hydrogen (secondary N) is 1. The van der Waals surface area contributed by atoms with Crippen LogP contribution in [0.3, 0.4) is 0 Å². The van der Waals surface area contributed by atoms with E-state index in [1.54, 1.807) is 17.4 Å². The molecule has 0 aliphatic carbocycles. The summed E-state index contributed by atoms with van der Waals surface area (Å²) in [5.41, 5.74) is 0.778. The topological polar surface area (TPSA) is 12.0 Å². The molecule has 1 aromatic carbocycles. The highest BCUT2D eigenvalue weighted by Crippen LogP contribution is 2.32. The Labute approximate surface area is 120 Å². The van der Waals surface area contributed by atoms with Crippen molar-refractivity contribution in [3.63, 3.8) is 0 Å². The summed E-state index contributed by atoms with van der Waals surface area (Å²) < 4.78 is 13.2. The van der Waals surface area contributed by atoms with Gasteiger partial charge in [0.05, 0.1) is 5.02 Å². The lowest BCUT2D eigenvalue weighted by Gasteiger charge is -2.16. The maximum Gasteiger partial charge on any atom is 0.123 e. The lowest BCUT2D eigenvalue weighted by Crippen LogP contribution is -2.18. The van der Waals surface area contributed by atoms with Crippen molar-refractivity contribution in [1.82, 2.24) is 5.32 Å². The molecule has 0 amide bonds. The summed E-state index contributed by atoms with van der Waals surface area (Å²) >= 11 is 13.8. The first kappa shape index (κ1) is 13.8. The molecule has 0 radical (unpaired) electrons. The Morgan fingerprint density at radius 2 is 2.06 bits per heavy atom. The fourth-order valence-electron chi connectivity index (χ4n) is 1.80. The van der Waals surface area contributed by atoms with E-state index < -0.39 is 0 Å². The SMILES string of the molecule is CNC(Cc1cc(F)ccc1Cl)c1sccc1Cl. The first-order valence-electron chi connectivity index (χ1n) is 5.46. The Morgan fingerprint density at radius 3 is 2.67 bits per heavy atom. The van der Waals surface area contributed by atoms with Gasteiger partial charge in [-0.15, -0.1) is 11.3 Å². The first-order valence-corrected chi connectivity index (χ1v) is 7.09. The van der Waals surface area contributed by atoms with Crippen molar-refractivity contribution < 1.29 is 4.39 Å². The molecule has 0 saturated carbocycles. The van der Waals surface area contributed by atoms with Gasteiger partial charge in [0.25, 0.3) is 0 Å². The smallest absolute Gasteiger partial charge is 0.123 e. The number of halogens is 3. The minimum Gasteiger partial charge on any atom is -0.312 e. The summed E-state index contributed by atoms with van der Waals surface area (Å²) in [6.07, 6.45) is 0.604. The van der Waals surface area contributed by atoms with E-state index in [1.165, 1.54) is 12.1 Å². The van der Waals surface area contributed by atoms with Crippen LogP contribution in [0, 0.1) is 5.82 Å². The standard InChI is InChI=1S/C13H12Cl2FNS/c1-17-12(13-11(15)4-5-18-13)7-8-6-9(16)2-3-10(8)14/h2-6,12,17H,7H2,1H3. The number of benzene rings is 1. The summed E-state index contributed by atoms with van der Waals surface area (Å²) in [6, 6.07) is 6.30. The zero-order chi connectivity index (χ0) is 13.1. The molecule has 1 atom stereocenters. The second kappa shape index (κ2) is 6.02. The van der Waals surface area contributed by atoms with Gasteiger partial charge in [0, 0.05) is 15.9 Å². The number of thiophene rings is 1. The Kier molecular flexibility index (Phi) is 4.62. The van der Waals surface area contributed by atoms with Crippen molar-refractivity contribution in [3.8, 4) is 0 Å². The minimum absolute atomic E-state index is 0.0387. The average Bonchev–Trinajstić information content (AvgIpc) is 2.77. The highest BCUT2D eigenvalue weighted by atomic mass is 35.5. The van der Waals surface area contributed by atoms with Crippen LogP contribution in [0.2, 0.25) is 10.0 Å². The summed E-state index contributed by atoms with van der Waals surface area (Å²) in [5.74, 6) is -0.276.